The Morgan fingerprint density at radius 1 is 1.30 bits per heavy atom. The lowest BCUT2D eigenvalue weighted by molar-refractivity contribution is -0.137. The number of methoxy groups -OCH3 is 1. The van der Waals surface area contributed by atoms with Crippen LogP contribution < -0.4 is 0 Å². The minimum atomic E-state index is -4.35. The predicted octanol–water partition coefficient (Wildman–Crippen LogP) is 3.27. The number of nitrogens with one attached hydrogen (secondary N) is 1. The molecule has 0 atom stereocenters. The van der Waals surface area contributed by atoms with Crippen molar-refractivity contribution in [2.45, 2.75) is 12.7 Å². The van der Waals surface area contributed by atoms with E-state index in [0.717, 1.165) is 12.1 Å². The molecule has 0 amide bonds. The SMILES string of the molecule is COCCn1c(-c2ccc(C(F)(F)F)cc2)n[nH]c1=S. The van der Waals surface area contributed by atoms with Crippen LogP contribution in [-0.2, 0) is 17.5 Å². The summed E-state index contributed by atoms with van der Waals surface area (Å²) < 4.78 is 44.6. The molecule has 1 N–H and O–H groups in total. The summed E-state index contributed by atoms with van der Waals surface area (Å²) in [4.78, 5) is 0. The highest BCUT2D eigenvalue weighted by atomic mass is 32.1. The molecule has 0 radical (unpaired) electrons. The van der Waals surface area contributed by atoms with Crippen LogP contribution in [0, 0.1) is 4.77 Å². The summed E-state index contributed by atoms with van der Waals surface area (Å²) >= 11 is 5.08. The highest BCUT2D eigenvalue weighted by molar-refractivity contribution is 7.71. The van der Waals surface area contributed by atoms with E-state index in [1.807, 2.05) is 0 Å². The second-order valence-electron chi connectivity index (χ2n) is 4.07. The quantitative estimate of drug-likeness (QED) is 0.882. The molecule has 2 rings (SSSR count). The number of hydrogen-bond donors (Lipinski definition) is 1. The van der Waals surface area contributed by atoms with E-state index in [1.54, 1.807) is 11.7 Å². The Kier molecular flexibility index (Phi) is 4.24. The third-order valence-electron chi connectivity index (χ3n) is 2.75. The molecule has 0 aliphatic carbocycles. The smallest absolute Gasteiger partial charge is 0.383 e. The molecule has 108 valence electrons. The molecule has 8 heteroatoms. The first-order valence-corrected chi connectivity index (χ1v) is 6.16. The zero-order valence-electron chi connectivity index (χ0n) is 10.6. The Morgan fingerprint density at radius 2 is 1.95 bits per heavy atom. The second-order valence-corrected chi connectivity index (χ2v) is 4.46. The number of hydrogen-bond acceptors (Lipinski definition) is 3. The molecular weight excluding hydrogens is 291 g/mol. The minimum Gasteiger partial charge on any atom is -0.383 e. The van der Waals surface area contributed by atoms with Crippen LogP contribution in [0.4, 0.5) is 13.2 Å². The Morgan fingerprint density at radius 3 is 2.50 bits per heavy atom. The fourth-order valence-electron chi connectivity index (χ4n) is 1.74. The first kappa shape index (κ1) is 14.7. The number of benzene rings is 1. The van der Waals surface area contributed by atoms with E-state index in [1.165, 1.54) is 12.1 Å². The van der Waals surface area contributed by atoms with Gasteiger partial charge in [0.1, 0.15) is 0 Å². The normalized spacial score (nSPS) is 11.8. The van der Waals surface area contributed by atoms with Crippen molar-refractivity contribution < 1.29 is 17.9 Å². The van der Waals surface area contributed by atoms with Crippen LogP contribution in [0.3, 0.4) is 0 Å². The van der Waals surface area contributed by atoms with Gasteiger partial charge in [-0.3, -0.25) is 9.67 Å². The van der Waals surface area contributed by atoms with E-state index in [4.69, 9.17) is 17.0 Å². The van der Waals surface area contributed by atoms with Crippen LogP contribution in [0.1, 0.15) is 5.56 Å². The van der Waals surface area contributed by atoms with Crippen LogP contribution in [0.15, 0.2) is 24.3 Å². The highest BCUT2D eigenvalue weighted by Gasteiger charge is 2.30. The zero-order chi connectivity index (χ0) is 14.8. The summed E-state index contributed by atoms with van der Waals surface area (Å²) in [6.45, 7) is 0.906. The van der Waals surface area contributed by atoms with Crippen molar-refractivity contribution in [2.75, 3.05) is 13.7 Å². The van der Waals surface area contributed by atoms with E-state index in [2.05, 4.69) is 10.2 Å². The number of halogens is 3. The van der Waals surface area contributed by atoms with Gasteiger partial charge < -0.3 is 4.74 Å². The standard InChI is InChI=1S/C12H12F3N3OS/c1-19-7-6-18-10(16-17-11(18)20)8-2-4-9(5-3-8)12(13,14)15/h2-5H,6-7H2,1H3,(H,17,20). The van der Waals surface area contributed by atoms with E-state index in [-0.39, 0.29) is 0 Å². The third kappa shape index (κ3) is 3.07. The van der Waals surface area contributed by atoms with Crippen LogP contribution in [0.5, 0.6) is 0 Å². The molecule has 4 nitrogen and oxygen atoms in total. The Bertz CT molecular complexity index is 631. The predicted molar refractivity (Wildman–Crippen MR) is 69.7 cm³/mol. The zero-order valence-corrected chi connectivity index (χ0v) is 11.4. The Hall–Kier alpha value is -1.67. The van der Waals surface area contributed by atoms with Crippen LogP contribution in [0.25, 0.3) is 11.4 Å². The van der Waals surface area contributed by atoms with Crippen molar-refractivity contribution in [3.05, 3.63) is 34.6 Å². The van der Waals surface area contributed by atoms with E-state index >= 15 is 0 Å². The molecule has 20 heavy (non-hydrogen) atoms. The average Bonchev–Trinajstić information content (AvgIpc) is 2.77. The van der Waals surface area contributed by atoms with Crippen LogP contribution in [0.2, 0.25) is 0 Å². The molecule has 0 unspecified atom stereocenters. The van der Waals surface area contributed by atoms with Crippen molar-refractivity contribution in [1.82, 2.24) is 14.8 Å². The lowest BCUT2D eigenvalue weighted by Crippen LogP contribution is -2.07. The monoisotopic (exact) mass is 303 g/mol. The maximum absolute atomic E-state index is 12.5. The summed E-state index contributed by atoms with van der Waals surface area (Å²) in [7, 11) is 1.56. The fraction of sp³-hybridized carbons (Fsp3) is 0.333. The molecule has 0 saturated heterocycles. The molecule has 0 spiro atoms. The second kappa shape index (κ2) is 5.76. The van der Waals surface area contributed by atoms with Gasteiger partial charge in [-0.1, -0.05) is 12.1 Å². The number of ether oxygens (including phenoxy) is 1. The van der Waals surface area contributed by atoms with Gasteiger partial charge >= 0.3 is 6.18 Å². The number of alkyl halides is 3. The van der Waals surface area contributed by atoms with E-state index < -0.39 is 11.7 Å². The van der Waals surface area contributed by atoms with Gasteiger partial charge in [0.2, 0.25) is 0 Å². The first-order valence-electron chi connectivity index (χ1n) is 5.75. The topological polar surface area (TPSA) is 42.8 Å². The molecule has 0 saturated carbocycles. The van der Waals surface area contributed by atoms with E-state index in [9.17, 15) is 13.2 Å². The van der Waals surface area contributed by atoms with Crippen molar-refractivity contribution in [3.8, 4) is 11.4 Å². The summed E-state index contributed by atoms with van der Waals surface area (Å²) in [5.74, 6) is 0.487. The molecule has 0 aliphatic heterocycles. The highest BCUT2D eigenvalue weighted by Crippen LogP contribution is 2.30. The maximum atomic E-state index is 12.5. The van der Waals surface area contributed by atoms with Gasteiger partial charge in [-0.05, 0) is 24.4 Å². The van der Waals surface area contributed by atoms with Crippen molar-refractivity contribution in [3.63, 3.8) is 0 Å². The van der Waals surface area contributed by atoms with Crippen molar-refractivity contribution in [1.29, 1.82) is 0 Å². The molecule has 1 aromatic carbocycles. The number of rotatable bonds is 4. The summed E-state index contributed by atoms with van der Waals surface area (Å²) in [6.07, 6.45) is -4.35. The molecule has 1 aromatic heterocycles. The average molecular weight is 303 g/mol. The van der Waals surface area contributed by atoms with Gasteiger partial charge in [0.15, 0.2) is 10.6 Å². The van der Waals surface area contributed by atoms with Gasteiger partial charge in [-0.15, -0.1) is 0 Å². The minimum absolute atomic E-state index is 0.400. The van der Waals surface area contributed by atoms with Gasteiger partial charge in [0, 0.05) is 12.7 Å². The van der Waals surface area contributed by atoms with Gasteiger partial charge in [0.05, 0.1) is 18.7 Å². The number of aromatic amines is 1. The van der Waals surface area contributed by atoms with Crippen LogP contribution in [-0.4, -0.2) is 28.5 Å². The van der Waals surface area contributed by atoms with Gasteiger partial charge in [0.25, 0.3) is 0 Å². The lowest BCUT2D eigenvalue weighted by atomic mass is 10.1. The maximum Gasteiger partial charge on any atom is 0.416 e. The van der Waals surface area contributed by atoms with Gasteiger partial charge in [-0.2, -0.15) is 18.3 Å². The number of aromatic nitrogens is 3. The molecule has 2 aromatic rings. The molecule has 0 bridgehead atoms. The summed E-state index contributed by atoms with van der Waals surface area (Å²) in [5.41, 5.74) is -0.139. The first-order chi connectivity index (χ1) is 9.43. The number of nitrogens with zero attached hydrogens (tertiary/aromatic N) is 2. The molecule has 1 heterocycles. The summed E-state index contributed by atoms with van der Waals surface area (Å²) in [5, 5.41) is 6.67. The summed E-state index contributed by atoms with van der Waals surface area (Å²) in [6, 6.07) is 4.79. The number of H-pyrrole nitrogens is 1. The Balaban J connectivity index is 2.35. The Labute approximate surface area is 118 Å². The third-order valence-corrected chi connectivity index (χ3v) is 3.06. The molecule has 0 aliphatic rings. The van der Waals surface area contributed by atoms with Crippen LogP contribution >= 0.6 is 12.2 Å². The van der Waals surface area contributed by atoms with Crippen molar-refractivity contribution in [2.24, 2.45) is 0 Å². The van der Waals surface area contributed by atoms with E-state index in [0.29, 0.717) is 29.3 Å². The fourth-order valence-corrected chi connectivity index (χ4v) is 1.96. The lowest BCUT2D eigenvalue weighted by Gasteiger charge is -2.08. The van der Waals surface area contributed by atoms with Crippen molar-refractivity contribution >= 4 is 12.2 Å². The van der Waals surface area contributed by atoms with Gasteiger partial charge in [-0.25, -0.2) is 0 Å². The molecule has 0 fully saturated rings. The molecular formula is C12H12F3N3OS. The largest absolute Gasteiger partial charge is 0.416 e.